The number of aryl methyl sites for hydroxylation is 1. The molecule has 3 rings (SSSR count). The van der Waals surface area contributed by atoms with Crippen molar-refractivity contribution >= 4 is 26.7 Å². The Morgan fingerprint density at radius 2 is 2.00 bits per heavy atom. The molecule has 0 saturated heterocycles. The lowest BCUT2D eigenvalue weighted by Crippen LogP contribution is -1.97. The second-order valence-electron chi connectivity index (χ2n) is 4.65. The van der Waals surface area contributed by atoms with Crippen molar-refractivity contribution in [2.45, 2.75) is 13.5 Å². The molecule has 0 fully saturated rings. The van der Waals surface area contributed by atoms with E-state index < -0.39 is 0 Å². The van der Waals surface area contributed by atoms with E-state index in [0.29, 0.717) is 0 Å². The van der Waals surface area contributed by atoms with Crippen molar-refractivity contribution in [3.8, 4) is 5.75 Å². The predicted octanol–water partition coefficient (Wildman–Crippen LogP) is 4.23. The summed E-state index contributed by atoms with van der Waals surface area (Å²) in [4.78, 5) is 4.62. The van der Waals surface area contributed by atoms with Crippen LogP contribution >= 0.6 is 11.3 Å². The van der Waals surface area contributed by atoms with Gasteiger partial charge in [-0.1, -0.05) is 41.7 Å². The molecule has 3 nitrogen and oxygen atoms in total. The minimum Gasteiger partial charge on any atom is -0.496 e. The zero-order valence-corrected chi connectivity index (χ0v) is 12.3. The Bertz CT molecular complexity index is 722. The summed E-state index contributed by atoms with van der Waals surface area (Å²) in [6.45, 7) is 2.82. The Kier molecular flexibility index (Phi) is 3.56. The molecule has 0 bridgehead atoms. The second kappa shape index (κ2) is 5.51. The molecule has 2 aromatic carbocycles. The van der Waals surface area contributed by atoms with Crippen LogP contribution in [0.5, 0.6) is 5.75 Å². The van der Waals surface area contributed by atoms with Gasteiger partial charge in [-0.2, -0.15) is 0 Å². The molecule has 4 heteroatoms. The number of methoxy groups -OCH3 is 1. The highest BCUT2D eigenvalue weighted by atomic mass is 32.1. The van der Waals surface area contributed by atoms with Crippen molar-refractivity contribution in [3.63, 3.8) is 0 Å². The molecule has 1 aromatic heterocycles. The van der Waals surface area contributed by atoms with Crippen LogP contribution in [0.2, 0.25) is 0 Å². The Balaban J connectivity index is 1.82. The monoisotopic (exact) mass is 284 g/mol. The van der Waals surface area contributed by atoms with Crippen LogP contribution in [0.4, 0.5) is 5.13 Å². The molecule has 0 aliphatic rings. The third-order valence-corrected chi connectivity index (χ3v) is 4.17. The summed E-state index contributed by atoms with van der Waals surface area (Å²) in [6, 6.07) is 14.4. The Morgan fingerprint density at radius 1 is 1.20 bits per heavy atom. The van der Waals surface area contributed by atoms with Crippen LogP contribution in [0.25, 0.3) is 10.2 Å². The van der Waals surface area contributed by atoms with Crippen LogP contribution in [0.15, 0.2) is 42.5 Å². The quantitative estimate of drug-likeness (QED) is 0.778. The zero-order valence-electron chi connectivity index (χ0n) is 11.5. The van der Waals surface area contributed by atoms with Crippen LogP contribution in [0.3, 0.4) is 0 Å². The summed E-state index contributed by atoms with van der Waals surface area (Å²) in [5.41, 5.74) is 3.38. The van der Waals surface area contributed by atoms with Gasteiger partial charge in [0.25, 0.3) is 0 Å². The first kappa shape index (κ1) is 12.9. The van der Waals surface area contributed by atoms with E-state index in [-0.39, 0.29) is 0 Å². The molecule has 0 radical (unpaired) electrons. The van der Waals surface area contributed by atoms with Gasteiger partial charge >= 0.3 is 0 Å². The van der Waals surface area contributed by atoms with Crippen LogP contribution in [-0.4, -0.2) is 12.1 Å². The molecule has 1 heterocycles. The maximum Gasteiger partial charge on any atom is 0.184 e. The molecule has 0 amide bonds. The van der Waals surface area contributed by atoms with Gasteiger partial charge in [0.05, 0.1) is 17.3 Å². The summed E-state index contributed by atoms with van der Waals surface area (Å²) < 4.78 is 6.49. The van der Waals surface area contributed by atoms with Crippen molar-refractivity contribution in [1.82, 2.24) is 4.98 Å². The van der Waals surface area contributed by atoms with E-state index in [1.807, 2.05) is 25.1 Å². The molecule has 0 saturated carbocycles. The maximum absolute atomic E-state index is 5.35. The number of nitrogens with zero attached hydrogens (tertiary/aromatic N) is 1. The molecule has 3 aromatic rings. The lowest BCUT2D eigenvalue weighted by Gasteiger charge is -2.02. The number of benzene rings is 2. The molecular formula is C16H16N2OS. The maximum atomic E-state index is 5.35. The zero-order chi connectivity index (χ0) is 13.9. The Hall–Kier alpha value is -2.07. The van der Waals surface area contributed by atoms with Gasteiger partial charge in [0, 0.05) is 6.54 Å². The molecular weight excluding hydrogens is 268 g/mol. The van der Waals surface area contributed by atoms with E-state index in [1.165, 1.54) is 5.56 Å². The van der Waals surface area contributed by atoms with Gasteiger partial charge in [-0.3, -0.25) is 0 Å². The highest BCUT2D eigenvalue weighted by molar-refractivity contribution is 7.22. The fourth-order valence-electron chi connectivity index (χ4n) is 2.13. The summed E-state index contributed by atoms with van der Waals surface area (Å²) in [5.74, 6) is 0.913. The molecule has 0 aliphatic heterocycles. The third-order valence-electron chi connectivity index (χ3n) is 3.19. The standard InChI is InChI=1S/C16H16N2OS/c1-11-8-13-15(9-14(11)19-2)20-16(18-13)17-10-12-6-4-3-5-7-12/h3-9H,10H2,1-2H3,(H,17,18). The molecule has 0 unspecified atom stereocenters. The van der Waals surface area contributed by atoms with E-state index in [9.17, 15) is 0 Å². The molecule has 1 N–H and O–H groups in total. The summed E-state index contributed by atoms with van der Waals surface area (Å²) in [7, 11) is 1.70. The Labute approximate surface area is 122 Å². The van der Waals surface area contributed by atoms with Crippen LogP contribution in [0.1, 0.15) is 11.1 Å². The first-order valence-electron chi connectivity index (χ1n) is 6.49. The lowest BCUT2D eigenvalue weighted by molar-refractivity contribution is 0.412. The first-order chi connectivity index (χ1) is 9.76. The van der Waals surface area contributed by atoms with Gasteiger partial charge in [-0.25, -0.2) is 4.98 Å². The summed E-state index contributed by atoms with van der Waals surface area (Å²) in [5, 5.41) is 4.32. The number of hydrogen-bond donors (Lipinski definition) is 1. The number of hydrogen-bond acceptors (Lipinski definition) is 4. The van der Waals surface area contributed by atoms with E-state index in [4.69, 9.17) is 4.74 Å². The number of thiazole rings is 1. The van der Waals surface area contributed by atoms with E-state index >= 15 is 0 Å². The van der Waals surface area contributed by atoms with Gasteiger partial charge in [0.15, 0.2) is 5.13 Å². The van der Waals surface area contributed by atoms with Crippen LogP contribution < -0.4 is 10.1 Å². The third kappa shape index (κ3) is 2.60. The number of rotatable bonds is 4. The molecule has 0 aliphatic carbocycles. The van der Waals surface area contributed by atoms with Crippen LogP contribution in [-0.2, 0) is 6.54 Å². The summed E-state index contributed by atoms with van der Waals surface area (Å²) in [6.07, 6.45) is 0. The van der Waals surface area contributed by atoms with E-state index in [2.05, 4.69) is 34.6 Å². The topological polar surface area (TPSA) is 34.1 Å². The van der Waals surface area contributed by atoms with Crippen molar-refractivity contribution in [2.75, 3.05) is 12.4 Å². The van der Waals surface area contributed by atoms with Crippen molar-refractivity contribution in [3.05, 3.63) is 53.6 Å². The van der Waals surface area contributed by atoms with E-state index in [1.54, 1.807) is 18.4 Å². The van der Waals surface area contributed by atoms with Crippen molar-refractivity contribution in [2.24, 2.45) is 0 Å². The number of anilines is 1. The number of nitrogens with one attached hydrogen (secondary N) is 1. The minimum atomic E-state index is 0.788. The highest BCUT2D eigenvalue weighted by Gasteiger charge is 2.07. The van der Waals surface area contributed by atoms with Crippen molar-refractivity contribution in [1.29, 1.82) is 0 Å². The smallest absolute Gasteiger partial charge is 0.184 e. The average molecular weight is 284 g/mol. The fraction of sp³-hybridized carbons (Fsp3) is 0.188. The highest BCUT2D eigenvalue weighted by Crippen LogP contribution is 2.31. The van der Waals surface area contributed by atoms with Gasteiger partial charge in [-0.05, 0) is 30.2 Å². The molecule has 102 valence electrons. The molecule has 0 spiro atoms. The van der Waals surface area contributed by atoms with E-state index in [0.717, 1.165) is 33.2 Å². The SMILES string of the molecule is COc1cc2sc(NCc3ccccc3)nc2cc1C. The van der Waals surface area contributed by atoms with Gasteiger partial charge in [0.1, 0.15) is 5.75 Å². The van der Waals surface area contributed by atoms with Gasteiger partial charge in [0.2, 0.25) is 0 Å². The number of ether oxygens (including phenoxy) is 1. The minimum absolute atomic E-state index is 0.788. The molecule has 20 heavy (non-hydrogen) atoms. The van der Waals surface area contributed by atoms with Gasteiger partial charge in [-0.15, -0.1) is 0 Å². The number of aromatic nitrogens is 1. The first-order valence-corrected chi connectivity index (χ1v) is 7.31. The fourth-order valence-corrected chi connectivity index (χ4v) is 3.00. The predicted molar refractivity (Wildman–Crippen MR) is 84.7 cm³/mol. The number of fused-ring (bicyclic) bond motifs is 1. The Morgan fingerprint density at radius 3 is 2.75 bits per heavy atom. The molecule has 0 atom stereocenters. The normalized spacial score (nSPS) is 10.7. The lowest BCUT2D eigenvalue weighted by atomic mass is 10.2. The average Bonchev–Trinajstić information content (AvgIpc) is 2.87. The largest absolute Gasteiger partial charge is 0.496 e. The van der Waals surface area contributed by atoms with Crippen LogP contribution in [0, 0.1) is 6.92 Å². The second-order valence-corrected chi connectivity index (χ2v) is 5.68. The van der Waals surface area contributed by atoms with Crippen molar-refractivity contribution < 1.29 is 4.74 Å². The summed E-state index contributed by atoms with van der Waals surface area (Å²) >= 11 is 1.65. The van der Waals surface area contributed by atoms with Gasteiger partial charge < -0.3 is 10.1 Å².